The fraction of sp³-hybridized carbons (Fsp3) is 0.818. The van der Waals surface area contributed by atoms with Gasteiger partial charge in [-0.1, -0.05) is 115 Å². The van der Waals surface area contributed by atoms with Gasteiger partial charge in [0.05, 0.1) is 122 Å². The second-order valence-electron chi connectivity index (χ2n) is 30.1. The van der Waals surface area contributed by atoms with E-state index in [0.29, 0.717) is 75.4 Å². The fourth-order valence-electron chi connectivity index (χ4n) is 15.2. The molecule has 30 atom stereocenters. The average molecular weight is 1380 g/mol. The van der Waals surface area contributed by atoms with Crippen LogP contribution in [-0.2, 0) is 52.2 Å². The minimum atomic E-state index is -1.18. The lowest BCUT2D eigenvalue weighted by atomic mass is 9.78. The summed E-state index contributed by atoms with van der Waals surface area (Å²) in [5.74, 6) is -5.62. The molecule has 5 rings (SSSR count). The summed E-state index contributed by atoms with van der Waals surface area (Å²) in [6.07, 6.45) is 12.4. The Morgan fingerprint density at radius 2 is 0.845 bits per heavy atom. The third-order valence-corrected chi connectivity index (χ3v) is 21.9. The Bertz CT molecular complexity index is 2460. The molecule has 0 amide bonds. The lowest BCUT2D eigenvalue weighted by molar-refractivity contribution is -0.158. The Morgan fingerprint density at radius 1 is 0.454 bits per heavy atom. The van der Waals surface area contributed by atoms with Crippen LogP contribution in [0.4, 0.5) is 0 Å². The zero-order valence-electron chi connectivity index (χ0n) is 61.3. The Labute approximate surface area is 581 Å². The van der Waals surface area contributed by atoms with E-state index >= 15 is 0 Å². The SMILES string of the molecule is CO[C@H]1CC(CC[C@H](C)[C@H](O)[C@H](C)[C@H]2OC(=O)/C=C\C(C)=C/C[C@H](O)C[C@@H]3C=CC[C@@H](C[C@H](OC)[C@@H](C)[C@@H](O)C[C@@H](O)[C@H](C)[C@@H]([C@@H](C)[C@@H](O)[C@@H](C)CC[C@H]4C[C@H](O)C[C@H](C)O4)OC(=O)C=C/C(C)=C\C[C@H](O)C[C@@H]4C=CC[C@@H](C[C@H](OC)[C@@H](C)[C@@H](O)C[C@@H](O)[C@@H]2C)O4)O3)O[C@@H](C)C1. The molecule has 558 valence electrons. The maximum absolute atomic E-state index is 13.9. The number of methoxy groups -OCH3 is 3. The molecule has 1 unspecified atom stereocenters. The molecule has 0 radical (unpaired) electrons. The Hall–Kier alpha value is -3.26. The predicted octanol–water partition coefficient (Wildman–Crippen LogP) is 9.45. The number of carbonyl (C=O) groups excluding carboxylic acids is 2. The van der Waals surface area contributed by atoms with Gasteiger partial charge < -0.3 is 88.6 Å². The van der Waals surface area contributed by atoms with Crippen molar-refractivity contribution < 1.29 is 98.2 Å². The van der Waals surface area contributed by atoms with Crippen molar-refractivity contribution >= 4 is 11.9 Å². The molecule has 20 heteroatoms. The molecular formula is C77H130O20. The largest absolute Gasteiger partial charge is 0.458 e. The van der Waals surface area contributed by atoms with Crippen molar-refractivity contribution in [2.75, 3.05) is 21.3 Å². The first-order chi connectivity index (χ1) is 45.9. The van der Waals surface area contributed by atoms with Crippen molar-refractivity contribution in [2.45, 2.75) is 333 Å². The van der Waals surface area contributed by atoms with Gasteiger partial charge in [0.2, 0.25) is 0 Å². The van der Waals surface area contributed by atoms with Crippen molar-refractivity contribution in [3.63, 3.8) is 0 Å². The third-order valence-electron chi connectivity index (χ3n) is 21.9. The van der Waals surface area contributed by atoms with Crippen LogP contribution in [-0.4, -0.2) is 214 Å². The van der Waals surface area contributed by atoms with Crippen LogP contribution in [0.1, 0.15) is 199 Å². The zero-order chi connectivity index (χ0) is 71.8. The highest BCUT2D eigenvalue weighted by atomic mass is 16.6. The van der Waals surface area contributed by atoms with Gasteiger partial charge in [0.25, 0.3) is 0 Å². The van der Waals surface area contributed by atoms with Gasteiger partial charge in [0, 0.05) is 94.7 Å². The molecule has 20 nitrogen and oxygen atoms in total. The van der Waals surface area contributed by atoms with Gasteiger partial charge >= 0.3 is 11.9 Å². The smallest absolute Gasteiger partial charge is 0.331 e. The maximum atomic E-state index is 13.9. The average Bonchev–Trinajstić information content (AvgIpc) is 0.868. The Kier molecular flexibility index (Phi) is 36.9. The van der Waals surface area contributed by atoms with Gasteiger partial charge in [-0.05, 0) is 129 Å². The van der Waals surface area contributed by atoms with Crippen LogP contribution in [0.5, 0.6) is 0 Å². The van der Waals surface area contributed by atoms with Gasteiger partial charge in [0.1, 0.15) is 12.2 Å². The van der Waals surface area contributed by atoms with E-state index in [-0.39, 0.29) is 93.1 Å². The van der Waals surface area contributed by atoms with Gasteiger partial charge in [0.15, 0.2) is 0 Å². The molecule has 0 aromatic carbocycles. The van der Waals surface area contributed by atoms with E-state index in [1.807, 2.05) is 91.8 Å². The van der Waals surface area contributed by atoms with Crippen LogP contribution in [0, 0.1) is 47.3 Å². The van der Waals surface area contributed by atoms with E-state index in [1.54, 1.807) is 61.2 Å². The maximum Gasteiger partial charge on any atom is 0.331 e. The molecule has 2 fully saturated rings. The van der Waals surface area contributed by atoms with E-state index in [1.165, 1.54) is 12.2 Å². The number of aliphatic hydroxyl groups excluding tert-OH is 9. The number of carbonyl (C=O) groups is 2. The van der Waals surface area contributed by atoms with Crippen molar-refractivity contribution in [3.8, 4) is 0 Å². The summed E-state index contributed by atoms with van der Waals surface area (Å²) in [7, 11) is 4.86. The highest BCUT2D eigenvalue weighted by molar-refractivity contribution is 5.83. The van der Waals surface area contributed by atoms with Crippen LogP contribution in [0.3, 0.4) is 0 Å². The lowest BCUT2D eigenvalue weighted by Gasteiger charge is -2.38. The monoisotopic (exact) mass is 1370 g/mol. The lowest BCUT2D eigenvalue weighted by Crippen LogP contribution is -2.45. The number of esters is 2. The molecular weight excluding hydrogens is 1240 g/mol. The molecule has 9 N–H and O–H groups in total. The van der Waals surface area contributed by atoms with Crippen LogP contribution >= 0.6 is 0 Å². The molecule has 2 saturated heterocycles. The summed E-state index contributed by atoms with van der Waals surface area (Å²) in [4.78, 5) is 27.8. The van der Waals surface area contributed by atoms with Crippen molar-refractivity contribution in [3.05, 3.63) is 71.9 Å². The van der Waals surface area contributed by atoms with Gasteiger partial charge in [-0.25, -0.2) is 9.59 Å². The van der Waals surface area contributed by atoms with Gasteiger partial charge in [-0.2, -0.15) is 0 Å². The highest BCUT2D eigenvalue weighted by Gasteiger charge is 2.42. The predicted molar refractivity (Wildman–Crippen MR) is 373 cm³/mol. The summed E-state index contributed by atoms with van der Waals surface area (Å²) in [6, 6.07) is 0. The Morgan fingerprint density at radius 3 is 1.24 bits per heavy atom. The van der Waals surface area contributed by atoms with Crippen LogP contribution < -0.4 is 0 Å². The topological polar surface area (TPSA) is 299 Å². The molecule has 4 bridgehead atoms. The van der Waals surface area contributed by atoms with Gasteiger partial charge in [-0.15, -0.1) is 0 Å². The molecule has 5 aliphatic heterocycles. The molecule has 97 heavy (non-hydrogen) atoms. The third kappa shape index (κ3) is 28.1. The first-order valence-electron chi connectivity index (χ1n) is 36.7. The molecule has 0 aromatic rings. The van der Waals surface area contributed by atoms with Gasteiger partial charge in [-0.3, -0.25) is 0 Å². The number of ether oxygens (including phenoxy) is 9. The molecule has 5 heterocycles. The summed E-state index contributed by atoms with van der Waals surface area (Å²) < 4.78 is 55.4. The molecule has 0 aromatic heterocycles. The standard InChI is InChI=1S/C77H130O20/c1-44-22-28-56(78)36-59-19-17-21-62(95-59)41-71(91-15)51(8)67(82)43-69(84)53(10)77(55(12)75(88)47(4)27-31-64-39-65(89-13)35-49(6)93-64)97-73(86)33-25-45(2)23-29-57(79)37-60-18-16-20-61(94-60)40-70(90-14)50(7)66(81)42-68(83)52(9)76(96-72(85)32-24-44)54(11)74(87)46(3)26-30-63-38-58(80)34-48(5)92-63/h16-19,22-25,32-33,46-71,74-84,87-88H,20-21,26-31,34-43H2,1-15H3/b32-24?,33-25-,44-22-,45-23-/t46-,47-,48-,49-,50-,51-,52-,53-,54-,55-,56-,57-,58+,59-,60-,61-,62-,63-,64?,65+,66-,67-,68+,69+,70-,71-,74-,75-,76-,77-/m0/s1. The fourth-order valence-corrected chi connectivity index (χ4v) is 15.2. The number of rotatable bonds is 15. The van der Waals surface area contributed by atoms with E-state index in [0.717, 1.165) is 12.8 Å². The number of allylic oxidation sites excluding steroid dienone is 4. The quantitative estimate of drug-likeness (QED) is 0.0544. The normalized spacial score (nSPS) is 41.0. The highest BCUT2D eigenvalue weighted by Crippen LogP contribution is 2.37. The second-order valence-corrected chi connectivity index (χ2v) is 30.1. The number of aliphatic hydroxyl groups is 9. The summed E-state index contributed by atoms with van der Waals surface area (Å²) in [6.45, 7) is 22.3. The number of cyclic esters (lactones) is 2. The van der Waals surface area contributed by atoms with E-state index < -0.39 is 139 Å². The minimum absolute atomic E-state index is 0.0308. The molecule has 0 saturated carbocycles. The molecule has 5 aliphatic rings. The number of hydrogen-bond donors (Lipinski definition) is 9. The Balaban J connectivity index is 1.36. The first kappa shape index (κ1) is 84.4. The molecule has 0 aliphatic carbocycles. The zero-order valence-corrected chi connectivity index (χ0v) is 61.3. The van der Waals surface area contributed by atoms with E-state index in [2.05, 4.69) is 0 Å². The summed E-state index contributed by atoms with van der Waals surface area (Å²) >= 11 is 0. The second kappa shape index (κ2) is 42.4. The van der Waals surface area contributed by atoms with Crippen molar-refractivity contribution in [2.24, 2.45) is 47.3 Å². The van der Waals surface area contributed by atoms with E-state index in [9.17, 15) is 55.5 Å². The minimum Gasteiger partial charge on any atom is -0.458 e. The van der Waals surface area contributed by atoms with Crippen LogP contribution in [0.25, 0.3) is 0 Å². The van der Waals surface area contributed by atoms with Crippen molar-refractivity contribution in [1.29, 1.82) is 0 Å². The number of fused-ring (bicyclic) bond motifs is 4. The number of hydrogen-bond acceptors (Lipinski definition) is 20. The summed E-state index contributed by atoms with van der Waals surface area (Å²) in [5.41, 5.74) is 1.37. The first-order valence-corrected chi connectivity index (χ1v) is 36.7. The van der Waals surface area contributed by atoms with Crippen LogP contribution in [0.15, 0.2) is 71.9 Å². The van der Waals surface area contributed by atoms with Crippen LogP contribution in [0.2, 0.25) is 0 Å². The summed E-state index contributed by atoms with van der Waals surface area (Å²) in [5, 5.41) is 105. The van der Waals surface area contributed by atoms with E-state index in [4.69, 9.17) is 42.6 Å². The van der Waals surface area contributed by atoms with Crippen molar-refractivity contribution in [1.82, 2.24) is 0 Å². The molecule has 0 spiro atoms.